The largest absolute Gasteiger partial charge is 0.379 e. The van der Waals surface area contributed by atoms with E-state index in [0.29, 0.717) is 26.3 Å². The monoisotopic (exact) mass is 474 g/mol. The highest BCUT2D eigenvalue weighted by Gasteiger charge is 2.56. The van der Waals surface area contributed by atoms with E-state index < -0.39 is 34.9 Å². The first kappa shape index (κ1) is 25.8. The van der Waals surface area contributed by atoms with Gasteiger partial charge >= 0.3 is 0 Å². The molecule has 10 nitrogen and oxygen atoms in total. The molecule has 2 aliphatic rings. The Bertz CT molecular complexity index is 913. The third-order valence-corrected chi connectivity index (χ3v) is 6.53. The van der Waals surface area contributed by atoms with Crippen LogP contribution in [0.4, 0.5) is 0 Å². The molecule has 0 spiro atoms. The van der Waals surface area contributed by atoms with Crippen LogP contribution in [0.15, 0.2) is 30.3 Å². The Morgan fingerprint density at radius 2 is 1.79 bits per heavy atom. The number of epoxide rings is 1. The van der Waals surface area contributed by atoms with Crippen molar-refractivity contribution in [2.24, 2.45) is 11.7 Å². The molecule has 0 saturated carbocycles. The number of amides is 3. The zero-order chi connectivity index (χ0) is 24.9. The van der Waals surface area contributed by atoms with E-state index in [4.69, 9.17) is 15.2 Å². The van der Waals surface area contributed by atoms with Crippen molar-refractivity contribution >= 4 is 23.5 Å². The average Bonchev–Trinajstić information content (AvgIpc) is 3.56. The molecular weight excluding hydrogens is 440 g/mol. The van der Waals surface area contributed by atoms with E-state index in [9.17, 15) is 19.2 Å². The van der Waals surface area contributed by atoms with Gasteiger partial charge in [-0.2, -0.15) is 0 Å². The van der Waals surface area contributed by atoms with Crippen LogP contribution >= 0.6 is 0 Å². The van der Waals surface area contributed by atoms with Gasteiger partial charge in [-0.1, -0.05) is 30.3 Å². The van der Waals surface area contributed by atoms with Gasteiger partial charge < -0.3 is 25.8 Å². The SMILES string of the molecule is C[C@H](NC(=O)CN1CCOCC1)C(=O)NC(C)(C(N)=O)[C@H](Cc1ccccc1)C(=O)[C@@]1(C)CO1. The van der Waals surface area contributed by atoms with Crippen molar-refractivity contribution < 1.29 is 28.7 Å². The summed E-state index contributed by atoms with van der Waals surface area (Å²) >= 11 is 0. The molecule has 3 rings (SSSR count). The molecule has 1 unspecified atom stereocenters. The molecule has 2 fully saturated rings. The summed E-state index contributed by atoms with van der Waals surface area (Å²) in [5.41, 5.74) is 3.86. The summed E-state index contributed by atoms with van der Waals surface area (Å²) in [7, 11) is 0. The summed E-state index contributed by atoms with van der Waals surface area (Å²) in [6.45, 7) is 7.40. The maximum absolute atomic E-state index is 13.4. The van der Waals surface area contributed by atoms with E-state index in [1.165, 1.54) is 13.8 Å². The number of Topliss-reactive ketones (excluding diaryl/α,β-unsaturated/α-hetero) is 1. The summed E-state index contributed by atoms with van der Waals surface area (Å²) in [6.07, 6.45) is 0.191. The first-order chi connectivity index (χ1) is 16.0. The van der Waals surface area contributed by atoms with Gasteiger partial charge in [0.05, 0.1) is 32.3 Å². The topological polar surface area (TPSA) is 143 Å². The lowest BCUT2D eigenvalue weighted by atomic mass is 9.74. The van der Waals surface area contributed by atoms with Crippen molar-refractivity contribution in [1.82, 2.24) is 15.5 Å². The summed E-state index contributed by atoms with van der Waals surface area (Å²) in [5.74, 6) is -3.03. The standard InChI is InChI=1S/C24H34N4O6/c1-16(26-19(29)14-28-9-11-33-12-10-28)21(31)27-24(3,22(25)32)18(20(30)23(2)15-34-23)13-17-7-5-4-6-8-17/h4-8,16,18H,9-15H2,1-3H3,(H2,25,32)(H,26,29)(H,27,31)/t16-,18+,23+,24?/m0/s1. The minimum atomic E-state index is -1.69. The smallest absolute Gasteiger partial charge is 0.243 e. The Balaban J connectivity index is 1.73. The highest BCUT2D eigenvalue weighted by molar-refractivity contribution is 6.01. The lowest BCUT2D eigenvalue weighted by Crippen LogP contribution is -2.65. The van der Waals surface area contributed by atoms with Crippen molar-refractivity contribution in [3.05, 3.63) is 35.9 Å². The number of benzene rings is 1. The predicted octanol–water partition coefficient (Wildman–Crippen LogP) is -0.600. The molecule has 186 valence electrons. The summed E-state index contributed by atoms with van der Waals surface area (Å²) < 4.78 is 10.6. The van der Waals surface area contributed by atoms with E-state index in [-0.39, 0.29) is 31.3 Å². The van der Waals surface area contributed by atoms with Gasteiger partial charge in [0.1, 0.15) is 17.2 Å². The molecule has 0 aromatic heterocycles. The molecule has 1 aromatic rings. The molecule has 4 atom stereocenters. The van der Waals surface area contributed by atoms with E-state index in [1.807, 2.05) is 35.2 Å². The molecule has 2 aliphatic heterocycles. The maximum atomic E-state index is 13.4. The molecule has 34 heavy (non-hydrogen) atoms. The second-order valence-corrected chi connectivity index (χ2v) is 9.36. The number of ketones is 1. The zero-order valence-electron chi connectivity index (χ0n) is 20.0. The van der Waals surface area contributed by atoms with Gasteiger partial charge in [-0.25, -0.2) is 0 Å². The number of carbonyl (C=O) groups is 4. The molecule has 1 aromatic carbocycles. The van der Waals surface area contributed by atoms with Gasteiger partial charge in [0.25, 0.3) is 0 Å². The number of primary amides is 1. The molecule has 0 bridgehead atoms. The quantitative estimate of drug-likeness (QED) is 0.363. The van der Waals surface area contributed by atoms with Crippen LogP contribution < -0.4 is 16.4 Å². The normalized spacial score (nSPS) is 23.7. The Kier molecular flexibility index (Phi) is 8.06. The number of ether oxygens (including phenoxy) is 2. The van der Waals surface area contributed by atoms with Crippen LogP contribution in [0.2, 0.25) is 0 Å². The third kappa shape index (κ3) is 6.19. The second kappa shape index (κ2) is 10.6. The van der Waals surface area contributed by atoms with Gasteiger partial charge in [0.2, 0.25) is 17.7 Å². The summed E-state index contributed by atoms with van der Waals surface area (Å²) in [6, 6.07) is 8.26. The number of nitrogens with zero attached hydrogens (tertiary/aromatic N) is 1. The average molecular weight is 475 g/mol. The number of hydrogen-bond acceptors (Lipinski definition) is 7. The fourth-order valence-electron chi connectivity index (χ4n) is 4.03. The Morgan fingerprint density at radius 3 is 2.35 bits per heavy atom. The molecule has 3 amide bonds. The fourth-order valence-corrected chi connectivity index (χ4v) is 4.03. The molecule has 10 heteroatoms. The number of carbonyl (C=O) groups excluding carboxylic acids is 4. The molecule has 4 N–H and O–H groups in total. The van der Waals surface area contributed by atoms with Gasteiger partial charge in [-0.15, -0.1) is 0 Å². The number of rotatable bonds is 11. The molecule has 0 radical (unpaired) electrons. The van der Waals surface area contributed by atoms with E-state index >= 15 is 0 Å². The Hall–Kier alpha value is -2.82. The Morgan fingerprint density at radius 1 is 1.18 bits per heavy atom. The number of nitrogens with two attached hydrogens (primary N) is 1. The van der Waals surface area contributed by atoms with Gasteiger partial charge in [0.15, 0.2) is 5.78 Å². The van der Waals surface area contributed by atoms with E-state index in [0.717, 1.165) is 5.56 Å². The molecule has 2 heterocycles. The number of morpholine rings is 1. The van der Waals surface area contributed by atoms with Crippen molar-refractivity contribution in [3.63, 3.8) is 0 Å². The highest BCUT2D eigenvalue weighted by Crippen LogP contribution is 2.35. The predicted molar refractivity (Wildman–Crippen MR) is 124 cm³/mol. The third-order valence-electron chi connectivity index (χ3n) is 6.53. The van der Waals surface area contributed by atoms with Crippen LogP contribution in [-0.2, 0) is 35.1 Å². The minimum Gasteiger partial charge on any atom is -0.379 e. The van der Waals surface area contributed by atoms with Crippen molar-refractivity contribution in [2.75, 3.05) is 39.5 Å². The van der Waals surface area contributed by atoms with Crippen LogP contribution in [0.25, 0.3) is 0 Å². The van der Waals surface area contributed by atoms with E-state index in [1.54, 1.807) is 6.92 Å². The zero-order valence-corrected chi connectivity index (χ0v) is 20.0. The first-order valence-corrected chi connectivity index (χ1v) is 11.5. The lowest BCUT2D eigenvalue weighted by molar-refractivity contribution is -0.141. The second-order valence-electron chi connectivity index (χ2n) is 9.36. The van der Waals surface area contributed by atoms with Crippen LogP contribution in [0.3, 0.4) is 0 Å². The fraction of sp³-hybridized carbons (Fsp3) is 0.583. The minimum absolute atomic E-state index is 0.138. The lowest BCUT2D eigenvalue weighted by Gasteiger charge is -2.36. The van der Waals surface area contributed by atoms with Crippen LogP contribution in [0.1, 0.15) is 26.3 Å². The highest BCUT2D eigenvalue weighted by atomic mass is 16.6. The van der Waals surface area contributed by atoms with Gasteiger partial charge in [-0.3, -0.25) is 24.1 Å². The van der Waals surface area contributed by atoms with Crippen LogP contribution in [0, 0.1) is 5.92 Å². The van der Waals surface area contributed by atoms with Crippen molar-refractivity contribution in [2.45, 2.75) is 44.4 Å². The van der Waals surface area contributed by atoms with Crippen LogP contribution in [0.5, 0.6) is 0 Å². The van der Waals surface area contributed by atoms with E-state index in [2.05, 4.69) is 10.6 Å². The summed E-state index contributed by atoms with van der Waals surface area (Å²) in [4.78, 5) is 53.4. The molecular formula is C24H34N4O6. The summed E-state index contributed by atoms with van der Waals surface area (Å²) in [5, 5.41) is 5.32. The van der Waals surface area contributed by atoms with Crippen molar-refractivity contribution in [1.29, 1.82) is 0 Å². The van der Waals surface area contributed by atoms with Crippen LogP contribution in [-0.4, -0.2) is 85.0 Å². The molecule has 2 saturated heterocycles. The van der Waals surface area contributed by atoms with Crippen molar-refractivity contribution in [3.8, 4) is 0 Å². The van der Waals surface area contributed by atoms with Gasteiger partial charge in [-0.05, 0) is 32.8 Å². The number of nitrogens with one attached hydrogen (secondary N) is 2. The van der Waals surface area contributed by atoms with Gasteiger partial charge in [0, 0.05) is 13.1 Å². The Labute approximate surface area is 199 Å². The maximum Gasteiger partial charge on any atom is 0.243 e. The first-order valence-electron chi connectivity index (χ1n) is 11.5. The molecule has 0 aliphatic carbocycles. The number of hydrogen-bond donors (Lipinski definition) is 3.